The van der Waals surface area contributed by atoms with E-state index in [-0.39, 0.29) is 17.8 Å². The van der Waals surface area contributed by atoms with Crippen LogP contribution in [0.1, 0.15) is 16.1 Å². The smallest absolute Gasteiger partial charge is 0.270 e. The second-order valence-corrected chi connectivity index (χ2v) is 8.24. The van der Waals surface area contributed by atoms with Crippen LogP contribution in [0.15, 0.2) is 71.9 Å². The highest BCUT2D eigenvalue weighted by atomic mass is 32.2. The molecule has 0 fully saturated rings. The number of nitrogens with one attached hydrogen (secondary N) is 1. The van der Waals surface area contributed by atoms with Gasteiger partial charge in [-0.05, 0) is 48.0 Å². The van der Waals surface area contributed by atoms with Crippen LogP contribution in [0.5, 0.6) is 0 Å². The molecule has 0 saturated carbocycles. The number of hydrogen-bond acceptors (Lipinski definition) is 4. The fraction of sp³-hybridized carbons (Fsp3) is 0.0870. The molecule has 0 aliphatic carbocycles. The molecule has 2 aromatic carbocycles. The summed E-state index contributed by atoms with van der Waals surface area (Å²) in [6.07, 6.45) is 4.54. The largest absolute Gasteiger partial charge is 0.347 e. The zero-order valence-electron chi connectivity index (χ0n) is 16.4. The molecule has 8 heteroatoms. The van der Waals surface area contributed by atoms with Gasteiger partial charge in [0.15, 0.2) is 0 Å². The van der Waals surface area contributed by atoms with E-state index in [4.69, 9.17) is 0 Å². The SMILES string of the molecule is CS(=O)c1ccc(CNC(=O)c2ccc3cncc(-c4cc(F)ccc4F)c3n2)cc1. The Morgan fingerprint density at radius 1 is 1.00 bits per heavy atom. The van der Waals surface area contributed by atoms with Crippen molar-refractivity contribution in [2.75, 3.05) is 6.26 Å². The highest BCUT2D eigenvalue weighted by Crippen LogP contribution is 2.29. The lowest BCUT2D eigenvalue weighted by atomic mass is 10.0. The summed E-state index contributed by atoms with van der Waals surface area (Å²) in [5.41, 5.74) is 1.66. The fourth-order valence-corrected chi connectivity index (χ4v) is 3.66. The van der Waals surface area contributed by atoms with Crippen LogP contribution >= 0.6 is 0 Å². The Morgan fingerprint density at radius 3 is 2.52 bits per heavy atom. The van der Waals surface area contributed by atoms with Gasteiger partial charge >= 0.3 is 0 Å². The van der Waals surface area contributed by atoms with E-state index in [0.29, 0.717) is 21.4 Å². The topological polar surface area (TPSA) is 72.0 Å². The van der Waals surface area contributed by atoms with Crippen molar-refractivity contribution in [2.45, 2.75) is 11.4 Å². The first-order chi connectivity index (χ1) is 14.9. The maximum absolute atomic E-state index is 14.3. The molecular weight excluding hydrogens is 420 g/mol. The number of fused-ring (bicyclic) bond motifs is 1. The maximum atomic E-state index is 14.3. The number of amides is 1. The lowest BCUT2D eigenvalue weighted by Gasteiger charge is -2.09. The number of carbonyl (C=O) groups is 1. The minimum Gasteiger partial charge on any atom is -0.347 e. The van der Waals surface area contributed by atoms with Crippen molar-refractivity contribution in [3.63, 3.8) is 0 Å². The lowest BCUT2D eigenvalue weighted by Crippen LogP contribution is -2.23. The lowest BCUT2D eigenvalue weighted by molar-refractivity contribution is 0.0946. The normalized spacial score (nSPS) is 12.0. The molecule has 2 heterocycles. The molecule has 0 radical (unpaired) electrons. The zero-order valence-corrected chi connectivity index (χ0v) is 17.2. The Kier molecular flexibility index (Phi) is 5.81. The van der Waals surface area contributed by atoms with Gasteiger partial charge in [-0.1, -0.05) is 12.1 Å². The highest BCUT2D eigenvalue weighted by molar-refractivity contribution is 7.84. The van der Waals surface area contributed by atoms with Gasteiger partial charge in [-0.15, -0.1) is 0 Å². The molecule has 0 bridgehead atoms. The third-order valence-corrected chi connectivity index (χ3v) is 5.69. The molecule has 156 valence electrons. The van der Waals surface area contributed by atoms with Gasteiger partial charge in [0.25, 0.3) is 5.91 Å². The van der Waals surface area contributed by atoms with Crippen LogP contribution < -0.4 is 5.32 Å². The van der Waals surface area contributed by atoms with Gasteiger partial charge in [0.05, 0.1) is 5.52 Å². The Bertz CT molecular complexity index is 1310. The Balaban J connectivity index is 1.61. The van der Waals surface area contributed by atoms with Crippen LogP contribution in [0.2, 0.25) is 0 Å². The first kappa shape index (κ1) is 20.7. The standard InChI is InChI=1S/C23H17F2N3O2S/c1-31(30)17-6-2-14(3-7-17)11-27-23(29)21-9-4-15-12-26-13-19(22(15)28-21)18-10-16(24)5-8-20(18)25/h2-10,12-13H,11H2,1H3,(H,27,29). The van der Waals surface area contributed by atoms with Gasteiger partial charge in [0, 0.05) is 57.4 Å². The number of nitrogens with zero attached hydrogens (tertiary/aromatic N) is 2. The molecular formula is C23H17F2N3O2S. The van der Waals surface area contributed by atoms with Crippen molar-refractivity contribution >= 4 is 27.6 Å². The summed E-state index contributed by atoms with van der Waals surface area (Å²) in [7, 11) is -1.07. The van der Waals surface area contributed by atoms with E-state index >= 15 is 0 Å². The number of benzene rings is 2. The van der Waals surface area contributed by atoms with Crippen LogP contribution in [-0.2, 0) is 17.3 Å². The van der Waals surface area contributed by atoms with Crippen LogP contribution in [0, 0.1) is 11.6 Å². The molecule has 0 saturated heterocycles. The van der Waals surface area contributed by atoms with Gasteiger partial charge in [-0.3, -0.25) is 14.0 Å². The summed E-state index contributed by atoms with van der Waals surface area (Å²) in [4.78, 5) is 21.8. The van der Waals surface area contributed by atoms with Gasteiger partial charge in [-0.25, -0.2) is 13.8 Å². The summed E-state index contributed by atoms with van der Waals surface area (Å²) < 4.78 is 39.5. The minimum atomic E-state index is -1.07. The summed E-state index contributed by atoms with van der Waals surface area (Å²) in [6, 6.07) is 13.5. The second-order valence-electron chi connectivity index (χ2n) is 6.86. The van der Waals surface area contributed by atoms with E-state index in [1.54, 1.807) is 48.9 Å². The van der Waals surface area contributed by atoms with E-state index in [1.807, 2.05) is 0 Å². The van der Waals surface area contributed by atoms with Crippen molar-refractivity contribution in [3.05, 3.63) is 89.9 Å². The third kappa shape index (κ3) is 4.49. The average Bonchev–Trinajstić information content (AvgIpc) is 2.78. The van der Waals surface area contributed by atoms with Gasteiger partial charge in [0.1, 0.15) is 17.3 Å². The van der Waals surface area contributed by atoms with Crippen molar-refractivity contribution in [2.24, 2.45) is 0 Å². The number of pyridine rings is 2. The molecule has 1 atom stereocenters. The fourth-order valence-electron chi connectivity index (χ4n) is 3.14. The predicted molar refractivity (Wildman–Crippen MR) is 115 cm³/mol. The molecule has 0 aliphatic rings. The van der Waals surface area contributed by atoms with E-state index in [0.717, 1.165) is 23.8 Å². The van der Waals surface area contributed by atoms with Crippen molar-refractivity contribution < 1.29 is 17.8 Å². The summed E-state index contributed by atoms with van der Waals surface area (Å²) in [5.74, 6) is -1.60. The van der Waals surface area contributed by atoms with E-state index in [9.17, 15) is 17.8 Å². The van der Waals surface area contributed by atoms with Crippen LogP contribution in [-0.4, -0.2) is 26.3 Å². The van der Waals surface area contributed by atoms with E-state index < -0.39 is 28.3 Å². The predicted octanol–water partition coefficient (Wildman–Crippen LogP) is 4.24. The van der Waals surface area contributed by atoms with Crippen molar-refractivity contribution in [1.82, 2.24) is 15.3 Å². The molecule has 5 nitrogen and oxygen atoms in total. The summed E-state index contributed by atoms with van der Waals surface area (Å²) >= 11 is 0. The van der Waals surface area contributed by atoms with E-state index in [2.05, 4.69) is 15.3 Å². The first-order valence-electron chi connectivity index (χ1n) is 9.33. The Hall–Kier alpha value is -3.52. The molecule has 0 spiro atoms. The number of halogens is 2. The number of rotatable bonds is 5. The summed E-state index contributed by atoms with van der Waals surface area (Å²) in [6.45, 7) is 0.261. The van der Waals surface area contributed by atoms with Crippen LogP contribution in [0.25, 0.3) is 22.0 Å². The number of hydrogen-bond donors (Lipinski definition) is 1. The monoisotopic (exact) mass is 437 g/mol. The Morgan fingerprint density at radius 2 is 1.77 bits per heavy atom. The third-order valence-electron chi connectivity index (χ3n) is 4.76. The molecule has 1 unspecified atom stereocenters. The molecule has 2 aromatic heterocycles. The molecule has 4 rings (SSSR count). The van der Waals surface area contributed by atoms with Crippen molar-refractivity contribution in [1.29, 1.82) is 0 Å². The zero-order chi connectivity index (χ0) is 22.0. The molecule has 4 aromatic rings. The van der Waals surface area contributed by atoms with Gasteiger partial charge in [-0.2, -0.15) is 0 Å². The molecule has 1 amide bonds. The van der Waals surface area contributed by atoms with Gasteiger partial charge in [0.2, 0.25) is 0 Å². The van der Waals surface area contributed by atoms with Crippen molar-refractivity contribution in [3.8, 4) is 11.1 Å². The van der Waals surface area contributed by atoms with E-state index in [1.165, 1.54) is 6.20 Å². The number of aromatic nitrogens is 2. The first-order valence-corrected chi connectivity index (χ1v) is 10.9. The molecule has 1 N–H and O–H groups in total. The molecule has 31 heavy (non-hydrogen) atoms. The second kappa shape index (κ2) is 8.69. The quantitative estimate of drug-likeness (QED) is 0.507. The highest BCUT2D eigenvalue weighted by Gasteiger charge is 2.14. The maximum Gasteiger partial charge on any atom is 0.270 e. The number of carbonyl (C=O) groups excluding carboxylic acids is 1. The van der Waals surface area contributed by atoms with Crippen LogP contribution in [0.4, 0.5) is 8.78 Å². The molecule has 0 aliphatic heterocycles. The van der Waals surface area contributed by atoms with Gasteiger partial charge < -0.3 is 5.32 Å². The average molecular weight is 437 g/mol. The van der Waals surface area contributed by atoms with Crippen LogP contribution in [0.3, 0.4) is 0 Å². The summed E-state index contributed by atoms with van der Waals surface area (Å²) in [5, 5.41) is 3.38. The minimum absolute atomic E-state index is 0.0246. The Labute approximate surface area is 179 Å².